The van der Waals surface area contributed by atoms with Crippen molar-refractivity contribution in [3.8, 4) is 0 Å². The van der Waals surface area contributed by atoms with E-state index < -0.39 is 22.8 Å². The van der Waals surface area contributed by atoms with Crippen molar-refractivity contribution in [2.45, 2.75) is 24.5 Å². The smallest absolute Gasteiger partial charge is 0.371 e. The summed E-state index contributed by atoms with van der Waals surface area (Å²) in [5.74, 6) is 0. The molecule has 0 fully saturated rings. The van der Waals surface area contributed by atoms with Gasteiger partial charge in [0.05, 0.1) is 11.5 Å². The van der Waals surface area contributed by atoms with E-state index in [1.165, 1.54) is 12.1 Å². The van der Waals surface area contributed by atoms with E-state index in [2.05, 4.69) is 9.46 Å². The molecule has 0 spiro atoms. The first kappa shape index (κ1) is 17.9. The number of hydrogen-bond donors (Lipinski definition) is 2. The number of halogens is 3. The molecule has 0 saturated heterocycles. The number of ether oxygens (including phenoxy) is 1. The summed E-state index contributed by atoms with van der Waals surface area (Å²) in [5.41, 5.74) is 7.04. The first-order chi connectivity index (χ1) is 9.65. The Hall–Kier alpha value is -1.16. The number of hydrogen-bond acceptors (Lipinski definition) is 4. The van der Waals surface area contributed by atoms with Gasteiger partial charge in [-0.3, -0.25) is 0 Å². The first-order valence-electron chi connectivity index (χ1n) is 6.09. The number of aryl methyl sites for hydroxylation is 1. The van der Waals surface area contributed by atoms with Gasteiger partial charge in [0.1, 0.15) is 6.61 Å². The molecule has 0 bridgehead atoms. The third-order valence-corrected chi connectivity index (χ3v) is 4.11. The molecule has 1 aromatic rings. The van der Waals surface area contributed by atoms with E-state index in [0.29, 0.717) is 6.54 Å². The molecule has 0 atom stereocenters. The van der Waals surface area contributed by atoms with Crippen molar-refractivity contribution in [2.24, 2.45) is 5.73 Å². The van der Waals surface area contributed by atoms with E-state index in [0.717, 1.165) is 11.1 Å². The Morgan fingerprint density at radius 1 is 1.33 bits per heavy atom. The summed E-state index contributed by atoms with van der Waals surface area (Å²) >= 11 is 0. The van der Waals surface area contributed by atoms with Crippen molar-refractivity contribution in [1.29, 1.82) is 0 Å². The second-order valence-electron chi connectivity index (χ2n) is 4.36. The minimum Gasteiger partial charge on any atom is -0.371 e. The number of nitrogens with two attached hydrogens (primary N) is 1. The summed E-state index contributed by atoms with van der Waals surface area (Å²) in [7, 11) is -3.78. The zero-order valence-electron chi connectivity index (χ0n) is 11.4. The van der Waals surface area contributed by atoms with Crippen molar-refractivity contribution in [1.82, 2.24) is 4.72 Å². The predicted molar refractivity (Wildman–Crippen MR) is 71.1 cm³/mol. The van der Waals surface area contributed by atoms with Crippen molar-refractivity contribution in [2.75, 3.05) is 19.8 Å². The van der Waals surface area contributed by atoms with Crippen LogP contribution in [0.4, 0.5) is 13.2 Å². The van der Waals surface area contributed by atoms with Gasteiger partial charge in [0.25, 0.3) is 0 Å². The zero-order chi connectivity index (χ0) is 16.1. The minimum atomic E-state index is -4.42. The second kappa shape index (κ2) is 7.21. The van der Waals surface area contributed by atoms with Crippen molar-refractivity contribution >= 4 is 10.0 Å². The van der Waals surface area contributed by atoms with Crippen molar-refractivity contribution in [3.63, 3.8) is 0 Å². The van der Waals surface area contributed by atoms with Gasteiger partial charge < -0.3 is 10.5 Å². The molecule has 0 unspecified atom stereocenters. The number of sulfonamides is 1. The van der Waals surface area contributed by atoms with Gasteiger partial charge in [-0.15, -0.1) is 0 Å². The highest BCUT2D eigenvalue weighted by atomic mass is 32.2. The molecule has 1 rings (SSSR count). The highest BCUT2D eigenvalue weighted by Gasteiger charge is 2.27. The van der Waals surface area contributed by atoms with Crippen LogP contribution in [-0.4, -0.2) is 34.4 Å². The SMILES string of the molecule is Cc1cc(S(=O)(=O)NCCOCC(F)(F)F)ccc1CN. The highest BCUT2D eigenvalue weighted by Crippen LogP contribution is 2.15. The molecule has 0 radical (unpaired) electrons. The molecular weight excluding hydrogens is 309 g/mol. The molecule has 0 heterocycles. The maximum Gasteiger partial charge on any atom is 0.411 e. The molecule has 0 saturated carbocycles. The maximum atomic E-state index is 11.9. The lowest BCUT2D eigenvalue weighted by Gasteiger charge is -2.10. The van der Waals surface area contributed by atoms with Crippen LogP contribution in [0.5, 0.6) is 0 Å². The van der Waals surface area contributed by atoms with Crippen LogP contribution in [0.2, 0.25) is 0 Å². The van der Waals surface area contributed by atoms with Gasteiger partial charge in [0, 0.05) is 13.1 Å². The van der Waals surface area contributed by atoms with Crippen LogP contribution in [0.3, 0.4) is 0 Å². The third kappa shape index (κ3) is 6.00. The van der Waals surface area contributed by atoms with Gasteiger partial charge in [0.2, 0.25) is 10.0 Å². The summed E-state index contributed by atoms with van der Waals surface area (Å²) in [6, 6.07) is 4.46. The maximum absolute atomic E-state index is 11.9. The first-order valence-corrected chi connectivity index (χ1v) is 7.58. The zero-order valence-corrected chi connectivity index (χ0v) is 12.2. The number of rotatable bonds is 7. The third-order valence-electron chi connectivity index (χ3n) is 2.65. The van der Waals surface area contributed by atoms with Crippen LogP contribution >= 0.6 is 0 Å². The fourth-order valence-electron chi connectivity index (χ4n) is 1.58. The van der Waals surface area contributed by atoms with E-state index in [4.69, 9.17) is 5.73 Å². The van der Waals surface area contributed by atoms with Gasteiger partial charge in [-0.05, 0) is 30.2 Å². The lowest BCUT2D eigenvalue weighted by Crippen LogP contribution is -2.29. The van der Waals surface area contributed by atoms with Crippen LogP contribution in [0.1, 0.15) is 11.1 Å². The van der Waals surface area contributed by atoms with Gasteiger partial charge in [-0.2, -0.15) is 13.2 Å². The van der Waals surface area contributed by atoms with Gasteiger partial charge in [-0.1, -0.05) is 6.07 Å². The molecule has 0 aliphatic rings. The lowest BCUT2D eigenvalue weighted by molar-refractivity contribution is -0.173. The molecule has 0 amide bonds. The Kier molecular flexibility index (Phi) is 6.14. The van der Waals surface area contributed by atoms with Gasteiger partial charge in [0.15, 0.2) is 0 Å². The van der Waals surface area contributed by atoms with Crippen LogP contribution in [0, 0.1) is 6.92 Å². The summed E-state index contributed by atoms with van der Waals surface area (Å²) in [4.78, 5) is 0.0352. The fourth-order valence-corrected chi connectivity index (χ4v) is 2.68. The Morgan fingerprint density at radius 3 is 2.52 bits per heavy atom. The second-order valence-corrected chi connectivity index (χ2v) is 6.12. The number of benzene rings is 1. The molecule has 0 aliphatic carbocycles. The number of alkyl halides is 3. The van der Waals surface area contributed by atoms with Crippen molar-refractivity contribution < 1.29 is 26.3 Å². The highest BCUT2D eigenvalue weighted by molar-refractivity contribution is 7.89. The molecular formula is C12H17F3N2O3S. The molecule has 9 heteroatoms. The monoisotopic (exact) mass is 326 g/mol. The van der Waals surface area contributed by atoms with Crippen LogP contribution < -0.4 is 10.5 Å². The van der Waals surface area contributed by atoms with E-state index in [1.807, 2.05) is 0 Å². The van der Waals surface area contributed by atoms with Crippen LogP contribution in [0.15, 0.2) is 23.1 Å². The Labute approximate surface area is 121 Å². The van der Waals surface area contributed by atoms with E-state index in [-0.39, 0.29) is 18.0 Å². The molecule has 120 valence electrons. The largest absolute Gasteiger partial charge is 0.411 e. The topological polar surface area (TPSA) is 81.4 Å². The summed E-state index contributed by atoms with van der Waals surface area (Å²) < 4.78 is 65.8. The van der Waals surface area contributed by atoms with E-state index >= 15 is 0 Å². The molecule has 3 N–H and O–H groups in total. The van der Waals surface area contributed by atoms with Gasteiger partial charge >= 0.3 is 6.18 Å². The minimum absolute atomic E-state index is 0.0352. The van der Waals surface area contributed by atoms with Crippen molar-refractivity contribution in [3.05, 3.63) is 29.3 Å². The van der Waals surface area contributed by atoms with E-state index in [9.17, 15) is 21.6 Å². The molecule has 1 aromatic carbocycles. The standard InChI is InChI=1S/C12H17F3N2O3S/c1-9-6-11(3-2-10(9)7-16)21(18,19)17-4-5-20-8-12(13,14)15/h2-3,6,17H,4-5,7-8,16H2,1H3. The Morgan fingerprint density at radius 2 is 2.00 bits per heavy atom. The molecule has 0 aliphatic heterocycles. The van der Waals surface area contributed by atoms with Gasteiger partial charge in [-0.25, -0.2) is 13.1 Å². The Bertz CT molecular complexity index is 574. The molecule has 5 nitrogen and oxygen atoms in total. The summed E-state index contributed by atoms with van der Waals surface area (Å²) in [5, 5.41) is 0. The molecule has 21 heavy (non-hydrogen) atoms. The average molecular weight is 326 g/mol. The van der Waals surface area contributed by atoms with Crippen LogP contribution in [0.25, 0.3) is 0 Å². The average Bonchev–Trinajstić information content (AvgIpc) is 2.36. The van der Waals surface area contributed by atoms with Crippen LogP contribution in [-0.2, 0) is 21.3 Å². The predicted octanol–water partition coefficient (Wildman–Crippen LogP) is 1.31. The number of nitrogens with one attached hydrogen (secondary N) is 1. The van der Waals surface area contributed by atoms with E-state index in [1.54, 1.807) is 13.0 Å². The quantitative estimate of drug-likeness (QED) is 0.740. The summed E-state index contributed by atoms with van der Waals surface area (Å²) in [6.45, 7) is 0.0201. The normalized spacial score (nSPS) is 12.6. The summed E-state index contributed by atoms with van der Waals surface area (Å²) in [6.07, 6.45) is -4.42. The Balaban J connectivity index is 2.56. The lowest BCUT2D eigenvalue weighted by atomic mass is 10.1. The fraction of sp³-hybridized carbons (Fsp3) is 0.500. The molecule has 0 aromatic heterocycles.